The zero-order valence-corrected chi connectivity index (χ0v) is 15.1. The maximum atomic E-state index is 12.8. The lowest BCUT2D eigenvalue weighted by Crippen LogP contribution is -2.57. The number of amides is 3. The van der Waals surface area contributed by atoms with E-state index in [4.69, 9.17) is 0 Å². The SMILES string of the molecule is CC(=O)N1CCC(C(=O)NNC(=O)C23CC4CC(CC(C4)C2)C3)CC1. The molecule has 6 heteroatoms. The minimum absolute atomic E-state index is 0.0288. The molecule has 1 saturated heterocycles. The summed E-state index contributed by atoms with van der Waals surface area (Å²) in [6, 6.07) is 0. The van der Waals surface area contributed by atoms with Gasteiger partial charge in [-0.15, -0.1) is 0 Å². The maximum Gasteiger partial charge on any atom is 0.244 e. The Bertz CT molecular complexity index is 545. The number of piperidine rings is 1. The molecule has 4 saturated carbocycles. The third-order valence-corrected chi connectivity index (χ3v) is 7.13. The van der Waals surface area contributed by atoms with Crippen molar-refractivity contribution < 1.29 is 14.4 Å². The van der Waals surface area contributed by atoms with Gasteiger partial charge < -0.3 is 4.90 Å². The Morgan fingerprint density at radius 3 is 1.88 bits per heavy atom. The van der Waals surface area contributed by atoms with Crippen molar-refractivity contribution in [2.75, 3.05) is 13.1 Å². The predicted molar refractivity (Wildman–Crippen MR) is 91.9 cm³/mol. The van der Waals surface area contributed by atoms with Crippen molar-refractivity contribution in [1.82, 2.24) is 15.8 Å². The number of nitrogens with one attached hydrogen (secondary N) is 2. The van der Waals surface area contributed by atoms with Gasteiger partial charge in [-0.1, -0.05) is 0 Å². The Morgan fingerprint density at radius 2 is 1.40 bits per heavy atom. The summed E-state index contributed by atoms with van der Waals surface area (Å²) in [6.07, 6.45) is 8.22. The average Bonchev–Trinajstić information content (AvgIpc) is 2.58. The van der Waals surface area contributed by atoms with E-state index < -0.39 is 0 Å². The first kappa shape index (κ1) is 16.9. The summed E-state index contributed by atoms with van der Waals surface area (Å²) in [5.41, 5.74) is 5.19. The molecule has 0 atom stereocenters. The lowest BCUT2D eigenvalue weighted by Gasteiger charge is -2.55. The highest BCUT2D eigenvalue weighted by Crippen LogP contribution is 2.60. The second kappa shape index (κ2) is 6.29. The molecule has 5 rings (SSSR count). The van der Waals surface area contributed by atoms with E-state index in [-0.39, 0.29) is 29.1 Å². The Kier molecular flexibility index (Phi) is 4.24. The minimum Gasteiger partial charge on any atom is -0.343 e. The molecular weight excluding hydrogens is 318 g/mol. The molecule has 0 radical (unpaired) electrons. The van der Waals surface area contributed by atoms with E-state index in [1.54, 1.807) is 11.8 Å². The van der Waals surface area contributed by atoms with Crippen molar-refractivity contribution in [3.63, 3.8) is 0 Å². The molecule has 5 fully saturated rings. The highest BCUT2D eigenvalue weighted by molar-refractivity contribution is 5.87. The van der Waals surface area contributed by atoms with Crippen LogP contribution in [0, 0.1) is 29.1 Å². The molecule has 5 aliphatic rings. The van der Waals surface area contributed by atoms with Crippen molar-refractivity contribution in [2.45, 2.75) is 58.3 Å². The van der Waals surface area contributed by atoms with Crippen LogP contribution in [0.15, 0.2) is 0 Å². The van der Waals surface area contributed by atoms with Crippen LogP contribution in [0.25, 0.3) is 0 Å². The van der Waals surface area contributed by atoms with Gasteiger partial charge in [0.15, 0.2) is 0 Å². The van der Waals surface area contributed by atoms with Gasteiger partial charge in [0.2, 0.25) is 17.7 Å². The van der Waals surface area contributed by atoms with E-state index in [1.807, 2.05) is 0 Å². The van der Waals surface area contributed by atoms with Gasteiger partial charge >= 0.3 is 0 Å². The van der Waals surface area contributed by atoms with Crippen LogP contribution in [-0.4, -0.2) is 35.7 Å². The zero-order chi connectivity index (χ0) is 17.6. The molecule has 25 heavy (non-hydrogen) atoms. The van der Waals surface area contributed by atoms with Crippen LogP contribution in [0.5, 0.6) is 0 Å². The fraction of sp³-hybridized carbons (Fsp3) is 0.842. The number of hydrazine groups is 1. The third kappa shape index (κ3) is 3.15. The molecule has 0 spiro atoms. The summed E-state index contributed by atoms with van der Waals surface area (Å²) in [6.45, 7) is 2.80. The highest BCUT2D eigenvalue weighted by Gasteiger charge is 2.54. The second-order valence-corrected chi connectivity index (χ2v) is 8.92. The van der Waals surface area contributed by atoms with Gasteiger partial charge in [-0.3, -0.25) is 25.2 Å². The molecule has 0 aromatic rings. The first-order chi connectivity index (χ1) is 11.9. The predicted octanol–water partition coefficient (Wildman–Crippen LogP) is 1.61. The van der Waals surface area contributed by atoms with E-state index >= 15 is 0 Å². The Balaban J connectivity index is 1.29. The Hall–Kier alpha value is -1.59. The molecule has 2 N–H and O–H groups in total. The molecule has 0 aromatic heterocycles. The standard InChI is InChI=1S/C19H29N3O3/c1-12(23)22-4-2-16(3-5-22)17(24)20-21-18(25)19-9-13-6-14(10-19)8-15(7-13)11-19/h13-16H,2-11H2,1H3,(H,20,24)(H,21,25). The summed E-state index contributed by atoms with van der Waals surface area (Å²) in [7, 11) is 0. The van der Waals surface area contributed by atoms with Crippen LogP contribution in [0.3, 0.4) is 0 Å². The van der Waals surface area contributed by atoms with Gasteiger partial charge in [0, 0.05) is 25.9 Å². The number of rotatable bonds is 2. The van der Waals surface area contributed by atoms with Gasteiger partial charge in [-0.05, 0) is 69.1 Å². The van der Waals surface area contributed by atoms with Crippen LogP contribution in [0.4, 0.5) is 0 Å². The van der Waals surface area contributed by atoms with Crippen LogP contribution < -0.4 is 10.9 Å². The topological polar surface area (TPSA) is 78.5 Å². The molecule has 138 valence electrons. The number of hydrogen-bond acceptors (Lipinski definition) is 3. The van der Waals surface area contributed by atoms with Gasteiger partial charge in [0.05, 0.1) is 5.41 Å². The largest absolute Gasteiger partial charge is 0.343 e. The molecule has 1 heterocycles. The average molecular weight is 347 g/mol. The minimum atomic E-state index is -0.236. The van der Waals surface area contributed by atoms with Crippen molar-refractivity contribution in [2.24, 2.45) is 29.1 Å². The number of likely N-dealkylation sites (tertiary alicyclic amines) is 1. The lowest BCUT2D eigenvalue weighted by molar-refractivity contribution is -0.149. The van der Waals surface area contributed by atoms with Gasteiger partial charge in [-0.25, -0.2) is 0 Å². The van der Waals surface area contributed by atoms with Crippen molar-refractivity contribution in [3.05, 3.63) is 0 Å². The van der Waals surface area contributed by atoms with E-state index in [0.29, 0.717) is 43.7 Å². The highest BCUT2D eigenvalue weighted by atomic mass is 16.2. The van der Waals surface area contributed by atoms with Crippen molar-refractivity contribution in [3.8, 4) is 0 Å². The number of hydrogen-bond donors (Lipinski definition) is 2. The van der Waals surface area contributed by atoms with Crippen molar-refractivity contribution in [1.29, 1.82) is 0 Å². The first-order valence-corrected chi connectivity index (χ1v) is 9.81. The summed E-state index contributed by atoms with van der Waals surface area (Å²) < 4.78 is 0. The van der Waals surface area contributed by atoms with E-state index in [0.717, 1.165) is 19.3 Å². The van der Waals surface area contributed by atoms with E-state index in [9.17, 15) is 14.4 Å². The summed E-state index contributed by atoms with van der Waals surface area (Å²) in [5.74, 6) is 2.00. The lowest BCUT2D eigenvalue weighted by atomic mass is 9.49. The van der Waals surface area contributed by atoms with Crippen LogP contribution in [0.1, 0.15) is 58.3 Å². The molecule has 4 aliphatic carbocycles. The molecule has 6 nitrogen and oxygen atoms in total. The van der Waals surface area contributed by atoms with Crippen LogP contribution in [0.2, 0.25) is 0 Å². The molecule has 1 aliphatic heterocycles. The number of nitrogens with zero attached hydrogens (tertiary/aromatic N) is 1. The quantitative estimate of drug-likeness (QED) is 0.745. The first-order valence-electron chi connectivity index (χ1n) is 9.81. The van der Waals surface area contributed by atoms with Gasteiger partial charge in [0.25, 0.3) is 0 Å². The number of carbonyl (C=O) groups is 3. The fourth-order valence-electron chi connectivity index (χ4n) is 6.20. The monoisotopic (exact) mass is 347 g/mol. The fourth-order valence-corrected chi connectivity index (χ4v) is 6.20. The Labute approximate surface area is 149 Å². The molecule has 0 aromatic carbocycles. The van der Waals surface area contributed by atoms with Crippen LogP contribution in [-0.2, 0) is 14.4 Å². The zero-order valence-electron chi connectivity index (χ0n) is 15.1. The van der Waals surface area contributed by atoms with Crippen molar-refractivity contribution >= 4 is 17.7 Å². The maximum absolute atomic E-state index is 12.8. The van der Waals surface area contributed by atoms with E-state index in [1.165, 1.54) is 19.3 Å². The molecule has 0 unspecified atom stereocenters. The third-order valence-electron chi connectivity index (χ3n) is 7.13. The molecule has 3 amide bonds. The smallest absolute Gasteiger partial charge is 0.244 e. The van der Waals surface area contributed by atoms with Gasteiger partial charge in [0.1, 0.15) is 0 Å². The normalized spacial score (nSPS) is 37.0. The summed E-state index contributed by atoms with van der Waals surface area (Å²) >= 11 is 0. The number of carbonyl (C=O) groups excluding carboxylic acids is 3. The molecule has 4 bridgehead atoms. The van der Waals surface area contributed by atoms with Crippen LogP contribution >= 0.6 is 0 Å². The molecular formula is C19H29N3O3. The van der Waals surface area contributed by atoms with Gasteiger partial charge in [-0.2, -0.15) is 0 Å². The second-order valence-electron chi connectivity index (χ2n) is 8.92. The summed E-state index contributed by atoms with van der Waals surface area (Å²) in [4.78, 5) is 38.4. The summed E-state index contributed by atoms with van der Waals surface area (Å²) in [5, 5.41) is 0. The van der Waals surface area contributed by atoms with E-state index in [2.05, 4.69) is 10.9 Å². The Morgan fingerprint density at radius 1 is 0.880 bits per heavy atom.